The highest BCUT2D eigenvalue weighted by Crippen LogP contribution is 2.27. The molecule has 2 aromatic heterocycles. The molecule has 1 aromatic carbocycles. The summed E-state index contributed by atoms with van der Waals surface area (Å²) in [5, 5.41) is 5.93. The molecule has 2 N–H and O–H groups in total. The van der Waals surface area contributed by atoms with Crippen molar-refractivity contribution in [3.8, 4) is 10.6 Å². The van der Waals surface area contributed by atoms with Crippen LogP contribution in [0.3, 0.4) is 0 Å². The van der Waals surface area contributed by atoms with E-state index >= 15 is 0 Å². The van der Waals surface area contributed by atoms with E-state index < -0.39 is 0 Å². The maximum atomic E-state index is 12.4. The molecule has 3 rings (SSSR count). The highest BCUT2D eigenvalue weighted by Gasteiger charge is 2.13. The van der Waals surface area contributed by atoms with Crippen LogP contribution in [0, 0.1) is 0 Å². The Morgan fingerprint density at radius 3 is 2.72 bits per heavy atom. The summed E-state index contributed by atoms with van der Waals surface area (Å²) >= 11 is 1.43. The number of anilines is 1. The Balaban J connectivity index is 1.64. The van der Waals surface area contributed by atoms with Gasteiger partial charge in [0.05, 0.1) is 15.4 Å². The van der Waals surface area contributed by atoms with E-state index in [4.69, 9.17) is 0 Å². The fourth-order valence-electron chi connectivity index (χ4n) is 2.45. The third kappa shape index (κ3) is 4.22. The van der Waals surface area contributed by atoms with Crippen molar-refractivity contribution >= 4 is 23.2 Å². The van der Waals surface area contributed by atoms with Crippen molar-refractivity contribution in [2.75, 3.05) is 18.9 Å². The van der Waals surface area contributed by atoms with E-state index in [2.05, 4.69) is 39.7 Å². The number of thiophene rings is 1. The highest BCUT2D eigenvalue weighted by molar-refractivity contribution is 7.17. The van der Waals surface area contributed by atoms with Crippen LogP contribution < -0.4 is 10.6 Å². The minimum Gasteiger partial charge on any atom is -0.357 e. The van der Waals surface area contributed by atoms with Crippen molar-refractivity contribution in [3.05, 3.63) is 65.2 Å². The molecule has 0 saturated carbocycles. The van der Waals surface area contributed by atoms with Gasteiger partial charge < -0.3 is 10.6 Å². The molecule has 3 aromatic rings. The van der Waals surface area contributed by atoms with Gasteiger partial charge in [-0.05, 0) is 29.7 Å². The van der Waals surface area contributed by atoms with E-state index in [-0.39, 0.29) is 11.8 Å². The Labute approximate surface area is 151 Å². The molecule has 128 valence electrons. The van der Waals surface area contributed by atoms with Crippen LogP contribution >= 0.6 is 11.3 Å². The SMILES string of the molecule is CNc1nccc(-c2ccc(C(=O)NC[C@@H](C)c3ccccc3)s2)n1. The first kappa shape index (κ1) is 17.1. The summed E-state index contributed by atoms with van der Waals surface area (Å²) in [5.41, 5.74) is 2.02. The van der Waals surface area contributed by atoms with Gasteiger partial charge >= 0.3 is 0 Å². The number of nitrogens with one attached hydrogen (secondary N) is 2. The van der Waals surface area contributed by atoms with Gasteiger partial charge in [-0.25, -0.2) is 9.97 Å². The molecule has 6 heteroatoms. The summed E-state index contributed by atoms with van der Waals surface area (Å²) < 4.78 is 0. The average Bonchev–Trinajstić information content (AvgIpc) is 3.17. The minimum absolute atomic E-state index is 0.0538. The van der Waals surface area contributed by atoms with Crippen LogP contribution in [0.15, 0.2) is 54.7 Å². The Morgan fingerprint density at radius 2 is 1.96 bits per heavy atom. The number of hydrogen-bond acceptors (Lipinski definition) is 5. The normalized spacial score (nSPS) is 11.8. The average molecular weight is 352 g/mol. The van der Waals surface area contributed by atoms with E-state index in [1.165, 1.54) is 16.9 Å². The number of hydrogen-bond donors (Lipinski definition) is 2. The van der Waals surface area contributed by atoms with Gasteiger partial charge in [0.1, 0.15) is 0 Å². The third-order valence-electron chi connectivity index (χ3n) is 3.90. The van der Waals surface area contributed by atoms with Crippen molar-refractivity contribution < 1.29 is 4.79 Å². The maximum absolute atomic E-state index is 12.4. The number of rotatable bonds is 6. The minimum atomic E-state index is -0.0538. The molecule has 0 spiro atoms. The summed E-state index contributed by atoms with van der Waals surface area (Å²) in [6.07, 6.45) is 1.70. The van der Waals surface area contributed by atoms with E-state index in [1.807, 2.05) is 36.4 Å². The Kier molecular flexibility index (Phi) is 5.40. The number of carbonyl (C=O) groups is 1. The van der Waals surface area contributed by atoms with Gasteiger partial charge in [-0.15, -0.1) is 11.3 Å². The summed E-state index contributed by atoms with van der Waals surface area (Å²) in [7, 11) is 1.78. The van der Waals surface area contributed by atoms with Crippen LogP contribution in [0.4, 0.5) is 5.95 Å². The Morgan fingerprint density at radius 1 is 1.16 bits per heavy atom. The van der Waals surface area contributed by atoms with Crippen LogP contribution in [-0.4, -0.2) is 29.5 Å². The topological polar surface area (TPSA) is 66.9 Å². The molecule has 1 atom stereocenters. The summed E-state index contributed by atoms with van der Waals surface area (Å²) in [6, 6.07) is 15.8. The molecule has 0 radical (unpaired) electrons. The molecule has 0 aliphatic heterocycles. The summed E-state index contributed by atoms with van der Waals surface area (Å²) in [6.45, 7) is 2.71. The van der Waals surface area contributed by atoms with Crippen LogP contribution in [-0.2, 0) is 0 Å². The number of amides is 1. The lowest BCUT2D eigenvalue weighted by atomic mass is 10.0. The molecule has 1 amide bonds. The molecule has 0 bridgehead atoms. The largest absolute Gasteiger partial charge is 0.357 e. The van der Waals surface area contributed by atoms with Crippen molar-refractivity contribution in [3.63, 3.8) is 0 Å². The summed E-state index contributed by atoms with van der Waals surface area (Å²) in [4.78, 5) is 22.5. The monoisotopic (exact) mass is 352 g/mol. The van der Waals surface area contributed by atoms with Crippen LogP contribution in [0.25, 0.3) is 10.6 Å². The van der Waals surface area contributed by atoms with Gasteiger partial charge in [0.2, 0.25) is 5.95 Å². The third-order valence-corrected chi connectivity index (χ3v) is 5.01. The molecule has 0 unspecified atom stereocenters. The molecule has 0 aliphatic carbocycles. The smallest absolute Gasteiger partial charge is 0.261 e. The van der Waals surface area contributed by atoms with Crippen LogP contribution in [0.2, 0.25) is 0 Å². The zero-order valence-corrected chi connectivity index (χ0v) is 15.0. The van der Waals surface area contributed by atoms with Gasteiger partial charge in [0.25, 0.3) is 5.91 Å². The molecular formula is C19H20N4OS. The first-order valence-corrected chi connectivity index (χ1v) is 8.93. The lowest BCUT2D eigenvalue weighted by molar-refractivity contribution is 0.0955. The fraction of sp³-hybridized carbons (Fsp3) is 0.211. The molecule has 0 aliphatic rings. The highest BCUT2D eigenvalue weighted by atomic mass is 32.1. The van der Waals surface area contributed by atoms with Crippen molar-refractivity contribution in [2.24, 2.45) is 0 Å². The van der Waals surface area contributed by atoms with Gasteiger partial charge in [0.15, 0.2) is 0 Å². The first-order chi connectivity index (χ1) is 12.2. The lowest BCUT2D eigenvalue weighted by Gasteiger charge is -2.12. The van der Waals surface area contributed by atoms with Crippen molar-refractivity contribution in [2.45, 2.75) is 12.8 Å². The van der Waals surface area contributed by atoms with Crippen molar-refractivity contribution in [1.82, 2.24) is 15.3 Å². The lowest BCUT2D eigenvalue weighted by Crippen LogP contribution is -2.26. The van der Waals surface area contributed by atoms with E-state index in [0.717, 1.165) is 10.6 Å². The van der Waals surface area contributed by atoms with E-state index in [1.54, 1.807) is 13.2 Å². The Hall–Kier alpha value is -2.73. The number of benzene rings is 1. The quantitative estimate of drug-likeness (QED) is 0.708. The molecular weight excluding hydrogens is 332 g/mol. The van der Waals surface area contributed by atoms with Gasteiger partial charge in [0, 0.05) is 19.8 Å². The zero-order valence-electron chi connectivity index (χ0n) is 14.2. The molecule has 0 saturated heterocycles. The number of carbonyl (C=O) groups excluding carboxylic acids is 1. The second kappa shape index (κ2) is 7.90. The van der Waals surface area contributed by atoms with Gasteiger partial charge in [-0.1, -0.05) is 37.3 Å². The molecule has 25 heavy (non-hydrogen) atoms. The molecule has 2 heterocycles. The Bertz CT molecular complexity index is 847. The number of nitrogens with zero attached hydrogens (tertiary/aromatic N) is 2. The predicted molar refractivity (Wildman–Crippen MR) is 102 cm³/mol. The van der Waals surface area contributed by atoms with Crippen LogP contribution in [0.1, 0.15) is 28.1 Å². The standard InChI is InChI=1S/C19H20N4OS/c1-13(14-6-4-3-5-7-14)12-22-18(24)17-9-8-16(25-17)15-10-11-21-19(20-2)23-15/h3-11,13H,12H2,1-2H3,(H,22,24)(H,20,21,23)/t13-/m1/s1. The summed E-state index contributed by atoms with van der Waals surface area (Å²) in [5.74, 6) is 0.778. The molecule has 5 nitrogen and oxygen atoms in total. The number of aromatic nitrogens is 2. The van der Waals surface area contributed by atoms with Gasteiger partial charge in [-0.3, -0.25) is 4.79 Å². The molecule has 0 fully saturated rings. The second-order valence-electron chi connectivity index (χ2n) is 5.70. The predicted octanol–water partition coefficient (Wildman–Crippen LogP) is 3.78. The maximum Gasteiger partial charge on any atom is 0.261 e. The van der Waals surface area contributed by atoms with Crippen LogP contribution in [0.5, 0.6) is 0 Å². The fourth-order valence-corrected chi connectivity index (χ4v) is 3.34. The zero-order chi connectivity index (χ0) is 17.6. The van der Waals surface area contributed by atoms with E-state index in [0.29, 0.717) is 17.4 Å². The van der Waals surface area contributed by atoms with Gasteiger partial charge in [-0.2, -0.15) is 0 Å². The first-order valence-electron chi connectivity index (χ1n) is 8.11. The van der Waals surface area contributed by atoms with Crippen molar-refractivity contribution in [1.29, 1.82) is 0 Å². The second-order valence-corrected chi connectivity index (χ2v) is 6.78. The van der Waals surface area contributed by atoms with E-state index in [9.17, 15) is 4.79 Å².